The summed E-state index contributed by atoms with van der Waals surface area (Å²) in [4.78, 5) is 99.2. The smallest absolute Gasteiger partial charge is 0.408 e. The highest BCUT2D eigenvalue weighted by molar-refractivity contribution is 7.89. The lowest BCUT2D eigenvalue weighted by Crippen LogP contribution is -2.53. The Bertz CT molecular complexity index is 3660. The van der Waals surface area contributed by atoms with Crippen LogP contribution in [0, 0.1) is 10.1 Å². The first-order chi connectivity index (χ1) is 42.6. The molecule has 0 aliphatic heterocycles. The molecule has 0 aliphatic rings. The third-order valence-corrected chi connectivity index (χ3v) is 14.9. The minimum absolute atomic E-state index is 0.0160. The van der Waals surface area contributed by atoms with Gasteiger partial charge in [0.15, 0.2) is 4.90 Å². The van der Waals surface area contributed by atoms with Crippen molar-refractivity contribution in [1.29, 1.82) is 0 Å². The lowest BCUT2D eigenvalue weighted by Gasteiger charge is -2.25. The minimum atomic E-state index is -4.60. The molecule has 0 spiro atoms. The number of nitrogens with one attached hydrogen (secondary N) is 6. The van der Waals surface area contributed by atoms with Crippen LogP contribution in [0.1, 0.15) is 68.7 Å². The number of fused-ring (bicyclic) bond motifs is 2. The van der Waals surface area contributed by atoms with Crippen LogP contribution >= 0.6 is 0 Å². The maximum atomic E-state index is 13.6. The van der Waals surface area contributed by atoms with E-state index in [0.29, 0.717) is 6.42 Å². The van der Waals surface area contributed by atoms with Crippen LogP contribution in [0.4, 0.5) is 20.1 Å². The standard InChI is InChI=1S/C33H34N4O9S.C32H39N3O7/c1-45-32(39)28(21-24-17-18-25-12-5-6-13-26(25)20-24)35-31(38)27(36-47(43,44)30-16-8-7-15-29(30)37(41)42)14-9-19-34-33(40)46-22-23-10-3-2-4-11-23;1-32(2,3)42-31(39)35-26(15-10-18-33-30(38)41-21-22-11-6-5-7-12-22)28(36)34-27(29(37)40-4)20-23-16-17-24-13-8-9-14-25(24)19-23/h2-8,10-13,15-18,20,27-28,36H,9,14,19,21-22H2,1H3,(H,34,40)(H,35,38);5-9,11-14,16-17,19,26-27H,10,15,18,20-21H2,1-4H3,(H,33,38)(H,34,36)(H,35,39). The summed E-state index contributed by atoms with van der Waals surface area (Å²) < 4.78 is 54.5. The van der Waals surface area contributed by atoms with Gasteiger partial charge in [0, 0.05) is 32.0 Å². The molecule has 6 N–H and O–H groups in total. The molecule has 23 nitrogen and oxygen atoms in total. The number of hydrogen-bond acceptors (Lipinski definition) is 16. The number of amides is 5. The van der Waals surface area contributed by atoms with Crippen LogP contribution in [0.5, 0.6) is 0 Å². The Morgan fingerprint density at radius 1 is 0.494 bits per heavy atom. The fourth-order valence-electron chi connectivity index (χ4n) is 9.01. The van der Waals surface area contributed by atoms with Crippen molar-refractivity contribution in [3.05, 3.63) is 202 Å². The molecule has 0 radical (unpaired) electrons. The second-order valence-electron chi connectivity index (χ2n) is 21.3. The van der Waals surface area contributed by atoms with Gasteiger partial charge in [-0.15, -0.1) is 0 Å². The number of hydrogen-bond donors (Lipinski definition) is 6. The normalized spacial score (nSPS) is 12.5. The number of nitro benzene ring substituents is 1. The van der Waals surface area contributed by atoms with Gasteiger partial charge in [-0.1, -0.05) is 158 Å². The van der Waals surface area contributed by atoms with Crippen LogP contribution < -0.4 is 31.3 Å². The van der Waals surface area contributed by atoms with Crippen LogP contribution in [0.25, 0.3) is 21.5 Å². The Morgan fingerprint density at radius 2 is 0.910 bits per heavy atom. The number of ether oxygens (including phenoxy) is 5. The maximum Gasteiger partial charge on any atom is 0.408 e. The molecule has 0 saturated heterocycles. The number of rotatable bonds is 27. The Balaban J connectivity index is 0.000000286. The van der Waals surface area contributed by atoms with Crippen molar-refractivity contribution in [2.24, 2.45) is 0 Å². The topological polar surface area (TPSA) is 315 Å². The van der Waals surface area contributed by atoms with Crippen molar-refractivity contribution in [1.82, 2.24) is 31.3 Å². The Kier molecular flexibility index (Phi) is 25.9. The number of benzene rings is 7. The van der Waals surface area contributed by atoms with Gasteiger partial charge in [-0.25, -0.2) is 32.4 Å². The van der Waals surface area contributed by atoms with Gasteiger partial charge < -0.3 is 50.3 Å². The highest BCUT2D eigenvalue weighted by Crippen LogP contribution is 2.24. The number of carbonyl (C=O) groups is 7. The summed E-state index contributed by atoms with van der Waals surface area (Å²) in [7, 11) is -2.18. The van der Waals surface area contributed by atoms with Gasteiger partial charge in [-0.2, -0.15) is 4.72 Å². The molecule has 0 heterocycles. The van der Waals surface area contributed by atoms with Crippen LogP contribution in [-0.2, 0) is 78.9 Å². The van der Waals surface area contributed by atoms with Gasteiger partial charge in [-0.3, -0.25) is 19.7 Å². The quantitative estimate of drug-likeness (QED) is 0.00922. The largest absolute Gasteiger partial charge is 0.467 e. The molecule has 7 rings (SSSR count). The van der Waals surface area contributed by atoms with E-state index in [0.717, 1.165) is 55.9 Å². The fourth-order valence-corrected chi connectivity index (χ4v) is 10.4. The minimum Gasteiger partial charge on any atom is -0.467 e. The highest BCUT2D eigenvalue weighted by Gasteiger charge is 2.34. The van der Waals surface area contributed by atoms with Gasteiger partial charge in [0.1, 0.15) is 43.0 Å². The molecule has 470 valence electrons. The van der Waals surface area contributed by atoms with E-state index in [1.807, 2.05) is 121 Å². The molecule has 4 atom stereocenters. The SMILES string of the molecule is COC(=O)C(Cc1ccc2ccccc2c1)NC(=O)C(CCCNC(=O)OCc1ccccc1)NC(=O)OC(C)(C)C.COC(=O)C(Cc1ccc2ccccc2c1)NC(=O)C(CCCNC(=O)OCc1ccccc1)NS(=O)(=O)c1ccccc1[N+](=O)[O-]. The Labute approximate surface area is 515 Å². The number of nitrogens with zero attached hydrogens (tertiary/aromatic N) is 1. The molecular weight excluding hydrogens is 1170 g/mol. The molecule has 0 aromatic heterocycles. The van der Waals surface area contributed by atoms with Crippen molar-refractivity contribution in [3.63, 3.8) is 0 Å². The van der Waals surface area contributed by atoms with Crippen molar-refractivity contribution in [2.75, 3.05) is 27.3 Å². The number of alkyl carbamates (subject to hydrolysis) is 3. The van der Waals surface area contributed by atoms with E-state index in [2.05, 4.69) is 31.3 Å². The zero-order valence-electron chi connectivity index (χ0n) is 49.9. The Morgan fingerprint density at radius 3 is 1.36 bits per heavy atom. The number of nitro groups is 1. The molecule has 0 fully saturated rings. The van der Waals surface area contributed by atoms with Crippen LogP contribution in [0.15, 0.2) is 175 Å². The average Bonchev–Trinajstić information content (AvgIpc) is 3.16. The predicted molar refractivity (Wildman–Crippen MR) is 331 cm³/mol. The molecule has 89 heavy (non-hydrogen) atoms. The first-order valence-corrected chi connectivity index (χ1v) is 30.0. The highest BCUT2D eigenvalue weighted by atomic mass is 32.2. The summed E-state index contributed by atoms with van der Waals surface area (Å²) in [6.45, 7) is 5.52. The van der Waals surface area contributed by atoms with E-state index in [1.54, 1.807) is 45.0 Å². The fraction of sp³-hybridized carbons (Fsp3) is 0.308. The van der Waals surface area contributed by atoms with Crippen LogP contribution in [0.2, 0.25) is 0 Å². The Hall–Kier alpha value is -9.94. The third kappa shape index (κ3) is 22.7. The number of esters is 2. The van der Waals surface area contributed by atoms with Gasteiger partial charge in [0.25, 0.3) is 5.69 Å². The zero-order chi connectivity index (χ0) is 64.3. The molecule has 0 saturated carbocycles. The second kappa shape index (κ2) is 33.8. The molecule has 7 aromatic rings. The average molecular weight is 1240 g/mol. The first kappa shape index (κ1) is 68.2. The summed E-state index contributed by atoms with van der Waals surface area (Å²) in [6, 6.07) is 45.1. The summed E-state index contributed by atoms with van der Waals surface area (Å²) in [5, 5.41) is 28.6. The zero-order valence-corrected chi connectivity index (χ0v) is 50.8. The van der Waals surface area contributed by atoms with Crippen molar-refractivity contribution >= 4 is 79.3 Å². The van der Waals surface area contributed by atoms with E-state index in [9.17, 15) is 52.1 Å². The summed E-state index contributed by atoms with van der Waals surface area (Å²) in [5.41, 5.74) is 1.74. The van der Waals surface area contributed by atoms with Gasteiger partial charge >= 0.3 is 30.2 Å². The summed E-state index contributed by atoms with van der Waals surface area (Å²) in [5.74, 6) is -2.82. The van der Waals surface area contributed by atoms with Gasteiger partial charge in [0.2, 0.25) is 21.8 Å². The molecule has 24 heteroatoms. The van der Waals surface area contributed by atoms with Gasteiger partial charge in [-0.05, 0) is 96.3 Å². The monoisotopic (exact) mass is 1240 g/mol. The van der Waals surface area contributed by atoms with E-state index in [1.165, 1.54) is 26.4 Å². The van der Waals surface area contributed by atoms with Gasteiger partial charge in [0.05, 0.1) is 19.1 Å². The predicted octanol–water partition coefficient (Wildman–Crippen LogP) is 8.64. The second-order valence-corrected chi connectivity index (χ2v) is 23.0. The lowest BCUT2D eigenvalue weighted by atomic mass is 10.0. The van der Waals surface area contributed by atoms with Crippen molar-refractivity contribution < 1.29 is 70.6 Å². The summed E-state index contributed by atoms with van der Waals surface area (Å²) >= 11 is 0. The van der Waals surface area contributed by atoms with E-state index >= 15 is 0 Å². The lowest BCUT2D eigenvalue weighted by molar-refractivity contribution is -0.387. The molecular formula is C65H73N7O16S. The molecule has 7 aromatic carbocycles. The van der Waals surface area contributed by atoms with Crippen molar-refractivity contribution in [3.8, 4) is 0 Å². The van der Waals surface area contributed by atoms with E-state index < -0.39 is 97.3 Å². The third-order valence-electron chi connectivity index (χ3n) is 13.4. The van der Waals surface area contributed by atoms with E-state index in [4.69, 9.17) is 23.7 Å². The first-order valence-electron chi connectivity index (χ1n) is 28.5. The van der Waals surface area contributed by atoms with Crippen LogP contribution in [0.3, 0.4) is 0 Å². The number of carbonyl (C=O) groups excluding carboxylic acids is 7. The van der Waals surface area contributed by atoms with E-state index in [-0.39, 0.29) is 58.4 Å². The molecule has 0 bridgehead atoms. The molecule has 4 unspecified atom stereocenters. The number of sulfonamides is 1. The van der Waals surface area contributed by atoms with Crippen molar-refractivity contribution in [2.45, 2.75) is 107 Å². The van der Waals surface area contributed by atoms with Crippen LogP contribution in [-0.4, -0.2) is 112 Å². The molecule has 5 amide bonds. The molecule has 0 aliphatic carbocycles. The maximum absolute atomic E-state index is 13.6. The number of para-hydroxylation sites is 1. The number of methoxy groups -OCH3 is 2. The summed E-state index contributed by atoms with van der Waals surface area (Å²) in [6.07, 6.45) is -1.39.